The lowest BCUT2D eigenvalue weighted by Crippen LogP contribution is -2.45. The maximum atomic E-state index is 11.8. The van der Waals surface area contributed by atoms with Crippen molar-refractivity contribution < 1.29 is 14.7 Å². The van der Waals surface area contributed by atoms with Crippen molar-refractivity contribution in [1.29, 1.82) is 0 Å². The van der Waals surface area contributed by atoms with Gasteiger partial charge in [-0.05, 0) is 31.6 Å². The maximum absolute atomic E-state index is 11.8. The van der Waals surface area contributed by atoms with E-state index in [0.717, 1.165) is 38.5 Å². The van der Waals surface area contributed by atoms with Crippen LogP contribution in [0, 0.1) is 5.92 Å². The molecule has 1 aliphatic carbocycles. The van der Waals surface area contributed by atoms with E-state index in [1.165, 1.54) is 13.3 Å². The van der Waals surface area contributed by atoms with Crippen LogP contribution in [0.2, 0.25) is 0 Å². The molecule has 0 radical (unpaired) electrons. The van der Waals surface area contributed by atoms with Crippen molar-refractivity contribution in [3.05, 3.63) is 0 Å². The SMILES string of the molecule is CC(=O)NCCCCCC(=O)NCC1(O)CCCC(C)C1. The molecule has 0 saturated heterocycles. The molecule has 21 heavy (non-hydrogen) atoms. The van der Waals surface area contributed by atoms with Crippen LogP contribution in [0.5, 0.6) is 0 Å². The second kappa shape index (κ2) is 9.03. The standard InChI is InChI=1S/C16H30N2O3/c1-13-7-6-9-16(21,11-13)12-18-15(20)8-4-3-5-10-17-14(2)19/h13,21H,3-12H2,1-2H3,(H,17,19)(H,18,20). The third-order valence-electron chi connectivity index (χ3n) is 4.14. The molecule has 1 aliphatic rings. The number of hydrogen-bond acceptors (Lipinski definition) is 3. The maximum Gasteiger partial charge on any atom is 0.220 e. The summed E-state index contributed by atoms with van der Waals surface area (Å²) in [6.45, 7) is 4.71. The largest absolute Gasteiger partial charge is 0.388 e. The Balaban J connectivity index is 2.07. The summed E-state index contributed by atoms with van der Waals surface area (Å²) in [6, 6.07) is 0. The van der Waals surface area contributed by atoms with Gasteiger partial charge in [0.25, 0.3) is 0 Å². The molecule has 0 aliphatic heterocycles. The van der Waals surface area contributed by atoms with Crippen LogP contribution in [0.3, 0.4) is 0 Å². The van der Waals surface area contributed by atoms with Crippen LogP contribution in [0.1, 0.15) is 65.2 Å². The average Bonchev–Trinajstić information content (AvgIpc) is 2.40. The summed E-state index contributed by atoms with van der Waals surface area (Å²) < 4.78 is 0. The molecule has 0 aromatic rings. The fourth-order valence-electron chi connectivity index (χ4n) is 3.00. The molecule has 0 aromatic heterocycles. The lowest BCUT2D eigenvalue weighted by atomic mass is 9.79. The summed E-state index contributed by atoms with van der Waals surface area (Å²) in [4.78, 5) is 22.4. The van der Waals surface area contributed by atoms with E-state index in [-0.39, 0.29) is 11.8 Å². The molecule has 5 nitrogen and oxygen atoms in total. The van der Waals surface area contributed by atoms with Crippen molar-refractivity contribution in [3.8, 4) is 0 Å². The van der Waals surface area contributed by atoms with Gasteiger partial charge in [-0.15, -0.1) is 0 Å². The van der Waals surface area contributed by atoms with Gasteiger partial charge in [-0.3, -0.25) is 9.59 Å². The van der Waals surface area contributed by atoms with Crippen molar-refractivity contribution in [3.63, 3.8) is 0 Å². The topological polar surface area (TPSA) is 78.4 Å². The number of rotatable bonds is 8. The first kappa shape index (κ1) is 18.0. The van der Waals surface area contributed by atoms with E-state index in [4.69, 9.17) is 0 Å². The van der Waals surface area contributed by atoms with Crippen LogP contribution in [0.4, 0.5) is 0 Å². The fourth-order valence-corrected chi connectivity index (χ4v) is 3.00. The second-order valence-electron chi connectivity index (χ2n) is 6.50. The molecular formula is C16H30N2O3. The Morgan fingerprint density at radius 2 is 2.00 bits per heavy atom. The Hall–Kier alpha value is -1.10. The third-order valence-corrected chi connectivity index (χ3v) is 4.14. The number of aliphatic hydroxyl groups is 1. The summed E-state index contributed by atoms with van der Waals surface area (Å²) in [6.07, 6.45) is 6.91. The summed E-state index contributed by atoms with van der Waals surface area (Å²) in [5.74, 6) is 0.540. The number of amides is 2. The van der Waals surface area contributed by atoms with Gasteiger partial charge in [0.05, 0.1) is 5.60 Å². The van der Waals surface area contributed by atoms with Gasteiger partial charge >= 0.3 is 0 Å². The Morgan fingerprint density at radius 1 is 1.24 bits per heavy atom. The van der Waals surface area contributed by atoms with Crippen molar-refractivity contribution in [2.24, 2.45) is 5.92 Å². The van der Waals surface area contributed by atoms with Crippen molar-refractivity contribution in [1.82, 2.24) is 10.6 Å². The normalized spacial score (nSPS) is 25.4. The molecule has 1 saturated carbocycles. The van der Waals surface area contributed by atoms with Gasteiger partial charge in [-0.25, -0.2) is 0 Å². The zero-order valence-electron chi connectivity index (χ0n) is 13.4. The Morgan fingerprint density at radius 3 is 2.67 bits per heavy atom. The highest BCUT2D eigenvalue weighted by molar-refractivity contribution is 5.75. The molecule has 122 valence electrons. The number of carbonyl (C=O) groups excluding carboxylic acids is 2. The molecule has 2 unspecified atom stereocenters. The van der Waals surface area contributed by atoms with Crippen LogP contribution in [-0.4, -0.2) is 35.6 Å². The number of unbranched alkanes of at least 4 members (excludes halogenated alkanes) is 2. The zero-order valence-corrected chi connectivity index (χ0v) is 13.4. The first-order valence-electron chi connectivity index (χ1n) is 8.15. The van der Waals surface area contributed by atoms with Crippen LogP contribution < -0.4 is 10.6 Å². The second-order valence-corrected chi connectivity index (χ2v) is 6.50. The molecule has 0 aromatic carbocycles. The first-order chi connectivity index (χ1) is 9.91. The van der Waals surface area contributed by atoms with E-state index in [2.05, 4.69) is 17.6 Å². The monoisotopic (exact) mass is 298 g/mol. The third kappa shape index (κ3) is 8.05. The van der Waals surface area contributed by atoms with Gasteiger partial charge in [-0.1, -0.05) is 26.2 Å². The lowest BCUT2D eigenvalue weighted by molar-refractivity contribution is -0.123. The van der Waals surface area contributed by atoms with Gasteiger partial charge < -0.3 is 15.7 Å². The first-order valence-corrected chi connectivity index (χ1v) is 8.15. The molecule has 2 atom stereocenters. The highest BCUT2D eigenvalue weighted by Crippen LogP contribution is 2.31. The van der Waals surface area contributed by atoms with Crippen LogP contribution in [0.15, 0.2) is 0 Å². The molecule has 5 heteroatoms. The van der Waals surface area contributed by atoms with Crippen molar-refractivity contribution in [2.75, 3.05) is 13.1 Å². The average molecular weight is 298 g/mol. The quantitative estimate of drug-likeness (QED) is 0.597. The highest BCUT2D eigenvalue weighted by Gasteiger charge is 2.32. The van der Waals surface area contributed by atoms with Gasteiger partial charge in [-0.2, -0.15) is 0 Å². The van der Waals surface area contributed by atoms with E-state index < -0.39 is 5.60 Å². The van der Waals surface area contributed by atoms with E-state index in [1.807, 2.05) is 0 Å². The summed E-state index contributed by atoms with van der Waals surface area (Å²) in [5, 5.41) is 16.0. The van der Waals surface area contributed by atoms with Crippen molar-refractivity contribution in [2.45, 2.75) is 70.8 Å². The Labute approximate surface area is 127 Å². The van der Waals surface area contributed by atoms with Crippen LogP contribution in [0.25, 0.3) is 0 Å². The molecule has 0 bridgehead atoms. The van der Waals surface area contributed by atoms with Gasteiger partial charge in [0.15, 0.2) is 0 Å². The molecule has 1 fully saturated rings. The van der Waals surface area contributed by atoms with E-state index in [1.54, 1.807) is 0 Å². The molecule has 2 amide bonds. The lowest BCUT2D eigenvalue weighted by Gasteiger charge is -2.35. The number of nitrogens with one attached hydrogen (secondary N) is 2. The number of hydrogen-bond donors (Lipinski definition) is 3. The van der Waals surface area contributed by atoms with Gasteiger partial charge in [0.1, 0.15) is 0 Å². The molecule has 1 rings (SSSR count). The molecule has 0 heterocycles. The van der Waals surface area contributed by atoms with Gasteiger partial charge in [0.2, 0.25) is 11.8 Å². The van der Waals surface area contributed by atoms with Crippen molar-refractivity contribution >= 4 is 11.8 Å². The smallest absolute Gasteiger partial charge is 0.220 e. The predicted molar refractivity (Wildman–Crippen MR) is 82.7 cm³/mol. The molecule has 0 spiro atoms. The number of carbonyl (C=O) groups is 2. The summed E-state index contributed by atoms with van der Waals surface area (Å²) in [5.41, 5.74) is -0.710. The van der Waals surface area contributed by atoms with E-state index >= 15 is 0 Å². The van der Waals surface area contributed by atoms with Gasteiger partial charge in [0, 0.05) is 26.4 Å². The molecule has 3 N–H and O–H groups in total. The zero-order chi connectivity index (χ0) is 15.7. The van der Waals surface area contributed by atoms with E-state index in [9.17, 15) is 14.7 Å². The Bertz CT molecular complexity index is 346. The predicted octanol–water partition coefficient (Wildman–Crippen LogP) is 1.74. The molecular weight excluding hydrogens is 268 g/mol. The summed E-state index contributed by atoms with van der Waals surface area (Å²) >= 11 is 0. The minimum atomic E-state index is -0.710. The Kier molecular flexibility index (Phi) is 7.72. The van der Waals surface area contributed by atoms with Crippen LogP contribution >= 0.6 is 0 Å². The van der Waals surface area contributed by atoms with E-state index in [0.29, 0.717) is 25.4 Å². The summed E-state index contributed by atoms with van der Waals surface area (Å²) in [7, 11) is 0. The van der Waals surface area contributed by atoms with Crippen LogP contribution in [-0.2, 0) is 9.59 Å². The fraction of sp³-hybridized carbons (Fsp3) is 0.875. The minimum absolute atomic E-state index is 0.0114. The minimum Gasteiger partial charge on any atom is -0.388 e. The highest BCUT2D eigenvalue weighted by atomic mass is 16.3.